The van der Waals surface area contributed by atoms with E-state index >= 15 is 0 Å². The van der Waals surface area contributed by atoms with E-state index in [2.05, 4.69) is 15.6 Å². The maximum atomic E-state index is 12.8. The SMILES string of the molecule is COc1ccc(CNC(=O)C[C@@H]2Sc3ccc(C(F)(F)F)cc3NC2=O)cn1. The van der Waals surface area contributed by atoms with Crippen molar-refractivity contribution < 1.29 is 27.5 Å². The van der Waals surface area contributed by atoms with Crippen LogP contribution in [0.1, 0.15) is 17.5 Å². The van der Waals surface area contributed by atoms with Crippen molar-refractivity contribution in [2.75, 3.05) is 12.4 Å². The first-order valence-electron chi connectivity index (χ1n) is 8.20. The van der Waals surface area contributed by atoms with E-state index in [-0.39, 0.29) is 24.6 Å². The summed E-state index contributed by atoms with van der Waals surface area (Å²) in [4.78, 5) is 28.9. The number of alkyl halides is 3. The second kappa shape index (κ2) is 8.09. The van der Waals surface area contributed by atoms with Gasteiger partial charge in [-0.25, -0.2) is 4.98 Å². The summed E-state index contributed by atoms with van der Waals surface area (Å²) < 4.78 is 43.3. The monoisotopic (exact) mass is 411 g/mol. The standard InChI is InChI=1S/C18H16F3N3O3S/c1-27-16-5-2-10(9-23-16)8-22-15(25)7-14-17(26)24-12-6-11(18(19,20)21)3-4-13(12)28-14/h2-6,9,14H,7-8H2,1H3,(H,22,25)(H,24,26)/t14-/m0/s1. The third-order valence-electron chi connectivity index (χ3n) is 3.99. The summed E-state index contributed by atoms with van der Waals surface area (Å²) in [5.74, 6) is -0.394. The minimum atomic E-state index is -4.49. The van der Waals surface area contributed by atoms with Crippen molar-refractivity contribution in [2.45, 2.75) is 29.3 Å². The number of pyridine rings is 1. The Kier molecular flexibility index (Phi) is 5.78. The average molecular weight is 411 g/mol. The Morgan fingerprint density at radius 3 is 2.75 bits per heavy atom. The first kappa shape index (κ1) is 20.0. The Morgan fingerprint density at radius 2 is 2.11 bits per heavy atom. The first-order valence-corrected chi connectivity index (χ1v) is 9.08. The minimum Gasteiger partial charge on any atom is -0.481 e. The summed E-state index contributed by atoms with van der Waals surface area (Å²) in [6.07, 6.45) is -3.02. The number of fused-ring (bicyclic) bond motifs is 1. The predicted octanol–water partition coefficient (Wildman–Crippen LogP) is 3.23. The van der Waals surface area contributed by atoms with Crippen molar-refractivity contribution in [1.29, 1.82) is 0 Å². The summed E-state index contributed by atoms with van der Waals surface area (Å²) in [6.45, 7) is 0.236. The highest BCUT2D eigenvalue weighted by molar-refractivity contribution is 8.01. The molecule has 28 heavy (non-hydrogen) atoms. The molecule has 10 heteroatoms. The normalized spacial score (nSPS) is 16.1. The quantitative estimate of drug-likeness (QED) is 0.790. The van der Waals surface area contributed by atoms with Crippen LogP contribution in [0.2, 0.25) is 0 Å². The van der Waals surface area contributed by atoms with E-state index in [0.717, 1.165) is 29.5 Å². The summed E-state index contributed by atoms with van der Waals surface area (Å²) in [7, 11) is 1.50. The Bertz CT molecular complexity index is 888. The molecule has 0 radical (unpaired) electrons. The molecule has 2 aromatic rings. The molecule has 0 bridgehead atoms. The van der Waals surface area contributed by atoms with Crippen LogP contribution in [-0.2, 0) is 22.3 Å². The smallest absolute Gasteiger partial charge is 0.416 e. The van der Waals surface area contributed by atoms with Gasteiger partial charge in [-0.05, 0) is 23.8 Å². The lowest BCUT2D eigenvalue weighted by Gasteiger charge is -2.24. The maximum Gasteiger partial charge on any atom is 0.416 e. The molecule has 1 aliphatic rings. The zero-order chi connectivity index (χ0) is 20.3. The molecule has 0 spiro atoms. The number of nitrogens with one attached hydrogen (secondary N) is 2. The van der Waals surface area contributed by atoms with E-state index in [1.807, 2.05) is 0 Å². The number of carbonyl (C=O) groups excluding carboxylic acids is 2. The van der Waals surface area contributed by atoms with Crippen LogP contribution in [0.3, 0.4) is 0 Å². The lowest BCUT2D eigenvalue weighted by molar-refractivity contribution is -0.137. The summed E-state index contributed by atoms with van der Waals surface area (Å²) in [6, 6.07) is 6.57. The Morgan fingerprint density at radius 1 is 1.32 bits per heavy atom. The number of rotatable bonds is 5. The number of nitrogens with zero attached hydrogens (tertiary/aromatic N) is 1. The van der Waals surface area contributed by atoms with E-state index in [9.17, 15) is 22.8 Å². The molecule has 0 unspecified atom stereocenters. The number of anilines is 1. The Hall–Kier alpha value is -2.75. The first-order chi connectivity index (χ1) is 13.3. The Balaban J connectivity index is 1.59. The van der Waals surface area contributed by atoms with Gasteiger partial charge in [-0.3, -0.25) is 9.59 Å². The van der Waals surface area contributed by atoms with E-state index < -0.39 is 22.9 Å². The molecular weight excluding hydrogens is 395 g/mol. The fourth-order valence-corrected chi connectivity index (χ4v) is 3.63. The fraction of sp³-hybridized carbons (Fsp3) is 0.278. The fourth-order valence-electron chi connectivity index (χ4n) is 2.54. The number of hydrogen-bond acceptors (Lipinski definition) is 5. The van der Waals surface area contributed by atoms with Crippen LogP contribution < -0.4 is 15.4 Å². The maximum absolute atomic E-state index is 12.8. The van der Waals surface area contributed by atoms with Gasteiger partial charge in [0.15, 0.2) is 0 Å². The molecule has 2 N–H and O–H groups in total. The van der Waals surface area contributed by atoms with Crippen molar-refractivity contribution in [2.24, 2.45) is 0 Å². The van der Waals surface area contributed by atoms with E-state index in [0.29, 0.717) is 10.8 Å². The van der Waals surface area contributed by atoms with Crippen LogP contribution in [0.25, 0.3) is 0 Å². The number of benzene rings is 1. The molecule has 1 aromatic heterocycles. The summed E-state index contributed by atoms with van der Waals surface area (Å²) >= 11 is 1.07. The number of methoxy groups -OCH3 is 1. The van der Waals surface area contributed by atoms with E-state index in [4.69, 9.17) is 4.74 Å². The van der Waals surface area contributed by atoms with Gasteiger partial charge in [0.05, 0.1) is 23.6 Å². The molecule has 0 saturated carbocycles. The molecule has 148 valence electrons. The van der Waals surface area contributed by atoms with Crippen LogP contribution in [0, 0.1) is 0 Å². The molecule has 0 saturated heterocycles. The zero-order valence-corrected chi connectivity index (χ0v) is 15.5. The van der Waals surface area contributed by atoms with Gasteiger partial charge in [-0.15, -0.1) is 11.8 Å². The highest BCUT2D eigenvalue weighted by Crippen LogP contribution is 2.40. The molecule has 1 atom stereocenters. The van der Waals surface area contributed by atoms with Crippen LogP contribution in [0.15, 0.2) is 41.4 Å². The number of amides is 2. The van der Waals surface area contributed by atoms with Gasteiger partial charge in [0.1, 0.15) is 0 Å². The van der Waals surface area contributed by atoms with Gasteiger partial charge in [0.2, 0.25) is 17.7 Å². The minimum absolute atomic E-state index is 0.0967. The average Bonchev–Trinajstić information content (AvgIpc) is 2.66. The van der Waals surface area contributed by atoms with Gasteiger partial charge in [-0.1, -0.05) is 6.07 Å². The molecule has 0 aliphatic carbocycles. The molecule has 2 amide bonds. The van der Waals surface area contributed by atoms with Crippen molar-refractivity contribution >= 4 is 29.3 Å². The summed E-state index contributed by atoms with van der Waals surface area (Å²) in [5, 5.41) is 4.42. The number of thioether (sulfide) groups is 1. The van der Waals surface area contributed by atoms with Crippen LogP contribution in [0.5, 0.6) is 5.88 Å². The van der Waals surface area contributed by atoms with Crippen molar-refractivity contribution in [3.8, 4) is 5.88 Å². The topological polar surface area (TPSA) is 80.3 Å². The predicted molar refractivity (Wildman–Crippen MR) is 97.0 cm³/mol. The van der Waals surface area contributed by atoms with Gasteiger partial charge in [0.25, 0.3) is 0 Å². The second-order valence-electron chi connectivity index (χ2n) is 5.99. The lowest BCUT2D eigenvalue weighted by Crippen LogP contribution is -2.34. The largest absolute Gasteiger partial charge is 0.481 e. The Labute approximate surface area is 162 Å². The number of hydrogen-bond donors (Lipinski definition) is 2. The van der Waals surface area contributed by atoms with Gasteiger partial charge in [0, 0.05) is 30.1 Å². The lowest BCUT2D eigenvalue weighted by atomic mass is 10.1. The van der Waals surface area contributed by atoms with Gasteiger partial charge in [-0.2, -0.15) is 13.2 Å². The van der Waals surface area contributed by atoms with E-state index in [1.165, 1.54) is 13.2 Å². The van der Waals surface area contributed by atoms with Crippen molar-refractivity contribution in [1.82, 2.24) is 10.3 Å². The molecular formula is C18H16F3N3O3S. The van der Waals surface area contributed by atoms with Crippen molar-refractivity contribution in [3.63, 3.8) is 0 Å². The van der Waals surface area contributed by atoms with Crippen LogP contribution in [-0.4, -0.2) is 29.2 Å². The van der Waals surface area contributed by atoms with Gasteiger partial charge >= 0.3 is 6.18 Å². The number of ether oxygens (including phenoxy) is 1. The molecule has 2 heterocycles. The van der Waals surface area contributed by atoms with Crippen LogP contribution in [0.4, 0.5) is 18.9 Å². The highest BCUT2D eigenvalue weighted by Gasteiger charge is 2.34. The van der Waals surface area contributed by atoms with Gasteiger partial charge < -0.3 is 15.4 Å². The molecule has 1 aliphatic heterocycles. The zero-order valence-electron chi connectivity index (χ0n) is 14.7. The van der Waals surface area contributed by atoms with Crippen molar-refractivity contribution in [3.05, 3.63) is 47.7 Å². The summed E-state index contributed by atoms with van der Waals surface area (Å²) in [5.41, 5.74) is 0.0298. The highest BCUT2D eigenvalue weighted by atomic mass is 32.2. The second-order valence-corrected chi connectivity index (χ2v) is 7.24. The van der Waals surface area contributed by atoms with Crippen LogP contribution >= 0.6 is 11.8 Å². The number of carbonyl (C=O) groups is 2. The number of halogens is 3. The number of aromatic nitrogens is 1. The third-order valence-corrected chi connectivity index (χ3v) is 5.27. The third kappa shape index (κ3) is 4.75. The molecule has 3 rings (SSSR count). The molecule has 0 fully saturated rings. The molecule has 6 nitrogen and oxygen atoms in total. The van der Waals surface area contributed by atoms with E-state index in [1.54, 1.807) is 18.3 Å². The molecule has 1 aromatic carbocycles.